The lowest BCUT2D eigenvalue weighted by Gasteiger charge is -2.22. The molecule has 3 aromatic rings. The van der Waals surface area contributed by atoms with Crippen molar-refractivity contribution in [2.45, 2.75) is 71.3 Å². The standard InChI is InChI=1S/C20H27N7O/c1-14-13-15(2)26(24-14)19-12-11-18-23-22-17(27(18)25-19)9-6-10-20(28)21-16-7-4-3-5-8-16/h11-13,16H,3-10H2,1-2H3,(H,21,28). The van der Waals surface area contributed by atoms with Crippen LogP contribution in [0.3, 0.4) is 0 Å². The first-order chi connectivity index (χ1) is 13.6. The van der Waals surface area contributed by atoms with Gasteiger partial charge in [-0.15, -0.1) is 15.3 Å². The van der Waals surface area contributed by atoms with Crippen molar-refractivity contribution in [3.8, 4) is 5.82 Å². The molecule has 1 fully saturated rings. The van der Waals surface area contributed by atoms with E-state index >= 15 is 0 Å². The molecule has 0 atom stereocenters. The molecule has 28 heavy (non-hydrogen) atoms. The number of hydrogen-bond donors (Lipinski definition) is 1. The van der Waals surface area contributed by atoms with E-state index in [1.54, 1.807) is 4.52 Å². The number of carbonyl (C=O) groups excluding carboxylic acids is 1. The SMILES string of the molecule is Cc1cc(C)n(-c2ccc3nnc(CCCC(=O)NC4CCCCC4)n3n2)n1. The van der Waals surface area contributed by atoms with E-state index in [0.717, 1.165) is 42.3 Å². The summed E-state index contributed by atoms with van der Waals surface area (Å²) in [7, 11) is 0. The summed E-state index contributed by atoms with van der Waals surface area (Å²) < 4.78 is 3.57. The number of aromatic nitrogens is 6. The quantitative estimate of drug-likeness (QED) is 0.709. The highest BCUT2D eigenvalue weighted by molar-refractivity contribution is 5.76. The molecule has 8 heteroatoms. The van der Waals surface area contributed by atoms with Crippen LogP contribution >= 0.6 is 0 Å². The van der Waals surface area contributed by atoms with E-state index in [1.807, 2.05) is 36.7 Å². The van der Waals surface area contributed by atoms with Gasteiger partial charge in [-0.05, 0) is 51.3 Å². The molecule has 0 saturated heterocycles. The maximum atomic E-state index is 12.2. The summed E-state index contributed by atoms with van der Waals surface area (Å²) in [4.78, 5) is 12.2. The topological polar surface area (TPSA) is 90.0 Å². The molecule has 0 aliphatic heterocycles. The van der Waals surface area contributed by atoms with Crippen molar-refractivity contribution < 1.29 is 4.79 Å². The summed E-state index contributed by atoms with van der Waals surface area (Å²) in [6.07, 6.45) is 7.85. The number of hydrogen-bond acceptors (Lipinski definition) is 5. The summed E-state index contributed by atoms with van der Waals surface area (Å²) >= 11 is 0. The second-order valence-electron chi connectivity index (χ2n) is 7.67. The number of nitrogens with zero attached hydrogens (tertiary/aromatic N) is 6. The van der Waals surface area contributed by atoms with Crippen LogP contribution in [0.5, 0.6) is 0 Å². The zero-order chi connectivity index (χ0) is 19.5. The zero-order valence-electron chi connectivity index (χ0n) is 16.6. The molecule has 1 aliphatic rings. The van der Waals surface area contributed by atoms with Crippen LogP contribution in [0.4, 0.5) is 0 Å². The minimum absolute atomic E-state index is 0.136. The number of carbonyl (C=O) groups is 1. The zero-order valence-corrected chi connectivity index (χ0v) is 16.6. The molecular weight excluding hydrogens is 354 g/mol. The molecule has 148 valence electrons. The van der Waals surface area contributed by atoms with Crippen molar-refractivity contribution in [3.05, 3.63) is 35.4 Å². The minimum Gasteiger partial charge on any atom is -0.353 e. The van der Waals surface area contributed by atoms with Crippen LogP contribution in [-0.4, -0.2) is 41.5 Å². The van der Waals surface area contributed by atoms with Gasteiger partial charge in [-0.3, -0.25) is 4.79 Å². The largest absolute Gasteiger partial charge is 0.353 e. The summed E-state index contributed by atoms with van der Waals surface area (Å²) in [5, 5.41) is 20.8. The Hall–Kier alpha value is -2.77. The van der Waals surface area contributed by atoms with Gasteiger partial charge in [-0.1, -0.05) is 19.3 Å². The molecule has 0 aromatic carbocycles. The van der Waals surface area contributed by atoms with Gasteiger partial charge in [0.1, 0.15) is 0 Å². The first-order valence-corrected chi connectivity index (χ1v) is 10.1. The fraction of sp³-hybridized carbons (Fsp3) is 0.550. The Balaban J connectivity index is 1.40. The van der Waals surface area contributed by atoms with Crippen LogP contribution in [0.1, 0.15) is 62.2 Å². The Bertz CT molecular complexity index is 968. The summed E-state index contributed by atoms with van der Waals surface area (Å²) in [5.74, 6) is 1.63. The van der Waals surface area contributed by atoms with Gasteiger partial charge in [0, 0.05) is 24.6 Å². The van der Waals surface area contributed by atoms with Crippen molar-refractivity contribution >= 4 is 11.6 Å². The molecule has 1 saturated carbocycles. The number of amides is 1. The van der Waals surface area contributed by atoms with Gasteiger partial charge >= 0.3 is 0 Å². The molecular formula is C20H27N7O. The fourth-order valence-corrected chi connectivity index (χ4v) is 3.91. The first-order valence-electron chi connectivity index (χ1n) is 10.1. The van der Waals surface area contributed by atoms with Gasteiger partial charge in [-0.25, -0.2) is 4.68 Å². The summed E-state index contributed by atoms with van der Waals surface area (Å²) in [6, 6.07) is 6.17. The molecule has 0 radical (unpaired) electrons. The van der Waals surface area contributed by atoms with Crippen LogP contribution < -0.4 is 5.32 Å². The van der Waals surface area contributed by atoms with E-state index < -0.39 is 0 Å². The van der Waals surface area contributed by atoms with Gasteiger partial charge in [0.15, 0.2) is 17.3 Å². The highest BCUT2D eigenvalue weighted by Gasteiger charge is 2.16. The van der Waals surface area contributed by atoms with Gasteiger partial charge in [-0.2, -0.15) is 9.61 Å². The lowest BCUT2D eigenvalue weighted by Crippen LogP contribution is -2.36. The molecule has 3 aromatic heterocycles. The molecule has 4 rings (SSSR count). The summed E-state index contributed by atoms with van der Waals surface area (Å²) in [5.41, 5.74) is 2.68. The minimum atomic E-state index is 0.136. The molecule has 0 bridgehead atoms. The van der Waals surface area contributed by atoms with Gasteiger partial charge < -0.3 is 5.32 Å². The lowest BCUT2D eigenvalue weighted by molar-refractivity contribution is -0.122. The fourth-order valence-electron chi connectivity index (χ4n) is 3.91. The number of rotatable bonds is 6. The first kappa shape index (κ1) is 18.6. The van der Waals surface area contributed by atoms with Crippen LogP contribution in [0.2, 0.25) is 0 Å². The average Bonchev–Trinajstić information content (AvgIpc) is 3.24. The van der Waals surface area contributed by atoms with Crippen LogP contribution in [0, 0.1) is 13.8 Å². The third-order valence-corrected chi connectivity index (χ3v) is 5.31. The third kappa shape index (κ3) is 4.05. The summed E-state index contributed by atoms with van der Waals surface area (Å²) in [6.45, 7) is 3.97. The van der Waals surface area contributed by atoms with Crippen molar-refractivity contribution in [2.75, 3.05) is 0 Å². The van der Waals surface area contributed by atoms with E-state index in [-0.39, 0.29) is 5.91 Å². The molecule has 0 spiro atoms. The van der Waals surface area contributed by atoms with Gasteiger partial charge in [0.05, 0.1) is 5.69 Å². The molecule has 1 amide bonds. The monoisotopic (exact) mass is 381 g/mol. The van der Waals surface area contributed by atoms with Crippen molar-refractivity contribution in [1.29, 1.82) is 0 Å². The number of aryl methyl sites for hydroxylation is 3. The lowest BCUT2D eigenvalue weighted by atomic mass is 9.95. The normalized spacial score (nSPS) is 15.2. The maximum absolute atomic E-state index is 12.2. The molecule has 1 N–H and O–H groups in total. The average molecular weight is 381 g/mol. The second kappa shape index (κ2) is 8.08. The van der Waals surface area contributed by atoms with Gasteiger partial charge in [0.25, 0.3) is 0 Å². The molecule has 3 heterocycles. The predicted octanol–water partition coefficient (Wildman–Crippen LogP) is 2.70. The van der Waals surface area contributed by atoms with Crippen LogP contribution in [0.25, 0.3) is 11.5 Å². The Morgan fingerprint density at radius 1 is 1.14 bits per heavy atom. The Kier molecular flexibility index (Phi) is 5.36. The second-order valence-corrected chi connectivity index (χ2v) is 7.67. The smallest absolute Gasteiger partial charge is 0.220 e. The highest BCUT2D eigenvalue weighted by Crippen LogP contribution is 2.17. The molecule has 1 aliphatic carbocycles. The van der Waals surface area contributed by atoms with E-state index in [1.165, 1.54) is 19.3 Å². The van der Waals surface area contributed by atoms with E-state index in [4.69, 9.17) is 0 Å². The van der Waals surface area contributed by atoms with E-state index in [9.17, 15) is 4.79 Å². The van der Waals surface area contributed by atoms with Gasteiger partial charge in [0.2, 0.25) is 5.91 Å². The van der Waals surface area contributed by atoms with Crippen molar-refractivity contribution in [3.63, 3.8) is 0 Å². The third-order valence-electron chi connectivity index (χ3n) is 5.31. The number of nitrogens with one attached hydrogen (secondary N) is 1. The van der Waals surface area contributed by atoms with Crippen LogP contribution in [0.15, 0.2) is 18.2 Å². The number of fused-ring (bicyclic) bond motifs is 1. The van der Waals surface area contributed by atoms with Crippen molar-refractivity contribution in [1.82, 2.24) is 34.9 Å². The molecule has 8 nitrogen and oxygen atoms in total. The van der Waals surface area contributed by atoms with E-state index in [0.29, 0.717) is 24.5 Å². The maximum Gasteiger partial charge on any atom is 0.220 e. The Morgan fingerprint density at radius 3 is 2.71 bits per heavy atom. The predicted molar refractivity (Wildman–Crippen MR) is 105 cm³/mol. The van der Waals surface area contributed by atoms with Crippen LogP contribution in [-0.2, 0) is 11.2 Å². The Labute approximate surface area is 164 Å². The molecule has 0 unspecified atom stereocenters. The highest BCUT2D eigenvalue weighted by atomic mass is 16.1. The Morgan fingerprint density at radius 2 is 1.96 bits per heavy atom. The van der Waals surface area contributed by atoms with E-state index in [2.05, 4.69) is 25.7 Å². The van der Waals surface area contributed by atoms with Crippen molar-refractivity contribution in [2.24, 2.45) is 0 Å².